The lowest BCUT2D eigenvalue weighted by molar-refractivity contribution is -0.154. The summed E-state index contributed by atoms with van der Waals surface area (Å²) in [5.41, 5.74) is 3.62. The molecule has 0 aromatic heterocycles. The monoisotopic (exact) mass is 488 g/mol. The van der Waals surface area contributed by atoms with Crippen molar-refractivity contribution in [1.82, 2.24) is 5.01 Å². The van der Waals surface area contributed by atoms with Crippen LogP contribution < -0.4 is 14.2 Å². The number of carbonyl (C=O) groups excluding carboxylic acids is 2. The maximum absolute atomic E-state index is 13.1. The zero-order chi connectivity index (χ0) is 25.5. The van der Waals surface area contributed by atoms with Gasteiger partial charge in [0.25, 0.3) is 5.91 Å². The highest BCUT2D eigenvalue weighted by atomic mass is 16.6. The summed E-state index contributed by atoms with van der Waals surface area (Å²) in [6.07, 6.45) is 0.534. The largest absolute Gasteiger partial charge is 0.497 e. The lowest BCUT2D eigenvalue weighted by atomic mass is 9.98. The van der Waals surface area contributed by atoms with Crippen molar-refractivity contribution in [3.63, 3.8) is 0 Å². The Hall–Kier alpha value is -4.33. The molecule has 0 aliphatic carbocycles. The first kappa shape index (κ1) is 24.8. The van der Waals surface area contributed by atoms with Crippen LogP contribution in [0.2, 0.25) is 0 Å². The number of benzene rings is 3. The number of esters is 1. The molecule has 0 radical (unpaired) electrons. The summed E-state index contributed by atoms with van der Waals surface area (Å²) in [4.78, 5) is 25.4. The number of hydrogen-bond donors (Lipinski definition) is 0. The molecule has 1 unspecified atom stereocenters. The van der Waals surface area contributed by atoms with Crippen molar-refractivity contribution in [1.29, 1.82) is 0 Å². The van der Waals surface area contributed by atoms with Gasteiger partial charge in [0.15, 0.2) is 24.7 Å². The molecule has 8 nitrogen and oxygen atoms in total. The maximum Gasteiger partial charge on any atom is 0.344 e. The van der Waals surface area contributed by atoms with Crippen LogP contribution in [0.3, 0.4) is 0 Å². The molecule has 0 saturated heterocycles. The first-order chi connectivity index (χ1) is 17.5. The number of hydrogen-bond acceptors (Lipinski definition) is 7. The van der Waals surface area contributed by atoms with Gasteiger partial charge in [0, 0.05) is 6.42 Å². The molecular formula is C28H28N2O6. The summed E-state index contributed by atoms with van der Waals surface area (Å²) in [6, 6.07) is 22.2. The van der Waals surface area contributed by atoms with Crippen LogP contribution in [0.5, 0.6) is 17.2 Å². The van der Waals surface area contributed by atoms with E-state index in [4.69, 9.17) is 18.9 Å². The fourth-order valence-electron chi connectivity index (χ4n) is 3.91. The number of methoxy groups -OCH3 is 2. The van der Waals surface area contributed by atoms with Crippen LogP contribution in [-0.2, 0) is 14.3 Å². The fraction of sp³-hybridized carbons (Fsp3) is 0.250. The molecule has 0 N–H and O–H groups in total. The van der Waals surface area contributed by atoms with Crippen molar-refractivity contribution in [3.05, 3.63) is 89.5 Å². The van der Waals surface area contributed by atoms with Gasteiger partial charge in [-0.15, -0.1) is 0 Å². The Bertz CT molecular complexity index is 1240. The molecule has 36 heavy (non-hydrogen) atoms. The highest BCUT2D eigenvalue weighted by molar-refractivity contribution is 6.03. The maximum atomic E-state index is 13.1. The predicted octanol–water partition coefficient (Wildman–Crippen LogP) is 4.31. The number of amides is 1. The Kier molecular flexibility index (Phi) is 7.85. The minimum absolute atomic E-state index is 0.328. The number of nitrogens with zero attached hydrogens (tertiary/aromatic N) is 2. The SMILES string of the molecule is COc1ccc(C2CC(c3ccccc3)=NN2C(=O)COC(=O)COc2ccc(C)cc2OC)cc1. The Morgan fingerprint density at radius 2 is 1.67 bits per heavy atom. The number of rotatable bonds is 9. The molecule has 3 aromatic rings. The zero-order valence-electron chi connectivity index (χ0n) is 20.5. The van der Waals surface area contributed by atoms with Crippen molar-refractivity contribution in [2.75, 3.05) is 27.4 Å². The van der Waals surface area contributed by atoms with Crippen LogP contribution in [0.15, 0.2) is 77.9 Å². The van der Waals surface area contributed by atoms with E-state index in [9.17, 15) is 9.59 Å². The summed E-state index contributed by atoms with van der Waals surface area (Å²) in [7, 11) is 3.13. The number of carbonyl (C=O) groups is 2. The average molecular weight is 489 g/mol. The van der Waals surface area contributed by atoms with Crippen molar-refractivity contribution in [2.45, 2.75) is 19.4 Å². The van der Waals surface area contributed by atoms with Crippen molar-refractivity contribution in [2.24, 2.45) is 5.10 Å². The van der Waals surface area contributed by atoms with Crippen LogP contribution in [0.25, 0.3) is 0 Å². The summed E-state index contributed by atoms with van der Waals surface area (Å²) in [6.45, 7) is 1.12. The van der Waals surface area contributed by atoms with Gasteiger partial charge in [0.05, 0.1) is 26.0 Å². The molecule has 1 atom stereocenters. The number of ether oxygens (including phenoxy) is 4. The summed E-state index contributed by atoms with van der Waals surface area (Å²) >= 11 is 0. The van der Waals surface area contributed by atoms with E-state index in [2.05, 4.69) is 5.10 Å². The molecule has 1 amide bonds. The lowest BCUT2D eigenvalue weighted by Crippen LogP contribution is -2.32. The van der Waals surface area contributed by atoms with Crippen LogP contribution in [-0.4, -0.2) is 50.0 Å². The van der Waals surface area contributed by atoms with Crippen LogP contribution in [0.1, 0.15) is 29.2 Å². The summed E-state index contributed by atoms with van der Waals surface area (Å²) in [5, 5.41) is 5.98. The van der Waals surface area contributed by atoms with Gasteiger partial charge in [0.2, 0.25) is 0 Å². The molecule has 1 aliphatic heterocycles. The van der Waals surface area contributed by atoms with Crippen molar-refractivity contribution in [3.8, 4) is 17.2 Å². The molecule has 4 rings (SSSR count). The van der Waals surface area contributed by atoms with E-state index in [1.54, 1.807) is 19.2 Å². The smallest absolute Gasteiger partial charge is 0.344 e. The highest BCUT2D eigenvalue weighted by Crippen LogP contribution is 2.33. The van der Waals surface area contributed by atoms with E-state index >= 15 is 0 Å². The van der Waals surface area contributed by atoms with Crippen LogP contribution in [0.4, 0.5) is 0 Å². The second-order valence-corrected chi connectivity index (χ2v) is 8.25. The average Bonchev–Trinajstić information content (AvgIpc) is 3.37. The predicted molar refractivity (Wildman–Crippen MR) is 134 cm³/mol. The van der Waals surface area contributed by atoms with E-state index in [-0.39, 0.29) is 12.6 Å². The summed E-state index contributed by atoms with van der Waals surface area (Å²) < 4.78 is 21.3. The topological polar surface area (TPSA) is 86.7 Å². The van der Waals surface area contributed by atoms with Crippen LogP contribution in [0, 0.1) is 6.92 Å². The Morgan fingerprint density at radius 1 is 0.917 bits per heavy atom. The van der Waals surface area contributed by atoms with Crippen molar-refractivity contribution < 1.29 is 28.5 Å². The zero-order valence-corrected chi connectivity index (χ0v) is 20.5. The van der Waals surface area contributed by atoms with Gasteiger partial charge < -0.3 is 18.9 Å². The Balaban J connectivity index is 1.43. The van der Waals surface area contributed by atoms with Gasteiger partial charge in [-0.1, -0.05) is 48.5 Å². The minimum Gasteiger partial charge on any atom is -0.497 e. The molecule has 186 valence electrons. The standard InChI is InChI=1S/C28H28N2O6/c1-19-9-14-25(26(15-19)34-3)35-18-28(32)36-17-27(31)30-24(21-10-12-22(33-2)13-11-21)16-23(29-30)20-7-5-4-6-8-20/h4-15,24H,16-18H2,1-3H3. The molecule has 1 heterocycles. The van der Waals surface area contributed by atoms with Crippen LogP contribution >= 0.6 is 0 Å². The lowest BCUT2D eigenvalue weighted by Gasteiger charge is -2.22. The molecule has 0 saturated carbocycles. The first-order valence-electron chi connectivity index (χ1n) is 11.5. The third kappa shape index (κ3) is 5.83. The molecular weight excluding hydrogens is 460 g/mol. The van der Waals surface area contributed by atoms with Gasteiger partial charge in [-0.05, 0) is 47.9 Å². The minimum atomic E-state index is -0.668. The Morgan fingerprint density at radius 3 is 2.36 bits per heavy atom. The first-order valence-corrected chi connectivity index (χ1v) is 11.5. The molecule has 8 heteroatoms. The normalized spacial score (nSPS) is 14.7. The van der Waals surface area contributed by atoms with E-state index in [0.29, 0.717) is 17.9 Å². The molecule has 0 fully saturated rings. The highest BCUT2D eigenvalue weighted by Gasteiger charge is 2.33. The van der Waals surface area contributed by atoms with E-state index in [1.165, 1.54) is 12.1 Å². The fourth-order valence-corrected chi connectivity index (χ4v) is 3.91. The summed E-state index contributed by atoms with van der Waals surface area (Å²) in [5.74, 6) is 0.558. The van der Waals surface area contributed by atoms with Gasteiger partial charge in [-0.25, -0.2) is 9.80 Å². The van der Waals surface area contributed by atoms with Gasteiger partial charge in [-0.2, -0.15) is 5.10 Å². The molecule has 1 aliphatic rings. The van der Waals surface area contributed by atoms with Gasteiger partial charge in [0.1, 0.15) is 5.75 Å². The third-order valence-electron chi connectivity index (χ3n) is 5.79. The quantitative estimate of drug-likeness (QED) is 0.417. The number of aryl methyl sites for hydroxylation is 1. The molecule has 3 aromatic carbocycles. The molecule has 0 spiro atoms. The Labute approximate surface area is 210 Å². The van der Waals surface area contributed by atoms with Crippen molar-refractivity contribution >= 4 is 17.6 Å². The van der Waals surface area contributed by atoms with E-state index in [0.717, 1.165) is 28.2 Å². The molecule has 0 bridgehead atoms. The van der Waals surface area contributed by atoms with E-state index < -0.39 is 18.5 Å². The second-order valence-electron chi connectivity index (χ2n) is 8.25. The van der Waals surface area contributed by atoms with Gasteiger partial charge >= 0.3 is 5.97 Å². The third-order valence-corrected chi connectivity index (χ3v) is 5.79. The van der Waals surface area contributed by atoms with Gasteiger partial charge in [-0.3, -0.25) is 4.79 Å². The number of hydrazone groups is 1. The second kappa shape index (κ2) is 11.4. The van der Waals surface area contributed by atoms with E-state index in [1.807, 2.05) is 67.6 Å².